The van der Waals surface area contributed by atoms with Crippen molar-refractivity contribution in [3.63, 3.8) is 0 Å². The predicted octanol–water partition coefficient (Wildman–Crippen LogP) is 2.28. The molecule has 1 rings (SSSR count). The molecule has 0 radical (unpaired) electrons. The second kappa shape index (κ2) is 5.46. The summed E-state index contributed by atoms with van der Waals surface area (Å²) < 4.78 is 5.81. The first-order chi connectivity index (χ1) is 7.54. The van der Waals surface area contributed by atoms with Crippen LogP contribution in [0, 0.1) is 0 Å². The predicted molar refractivity (Wildman–Crippen MR) is 61.8 cm³/mol. The van der Waals surface area contributed by atoms with Gasteiger partial charge in [-0.15, -0.1) is 0 Å². The Labute approximate surface area is 101 Å². The van der Waals surface area contributed by atoms with Crippen molar-refractivity contribution in [1.29, 1.82) is 0 Å². The summed E-state index contributed by atoms with van der Waals surface area (Å²) in [5, 5.41) is 8.57. The van der Waals surface area contributed by atoms with Gasteiger partial charge in [0.15, 0.2) is 0 Å². The maximum atomic E-state index is 10.5. The van der Waals surface area contributed by atoms with Gasteiger partial charge in [-0.05, 0) is 34.1 Å². The van der Waals surface area contributed by atoms with E-state index in [4.69, 9.17) is 9.84 Å². The number of ether oxygens (including phenoxy) is 1. The summed E-state index contributed by atoms with van der Waals surface area (Å²) >= 11 is 3.21. The highest BCUT2D eigenvalue weighted by atomic mass is 79.9. The average Bonchev–Trinajstić information content (AvgIpc) is 2.26. The molecule has 0 heterocycles. The maximum Gasteiger partial charge on any atom is 0.334 e. The monoisotopic (exact) mass is 284 g/mol. The van der Waals surface area contributed by atoms with Gasteiger partial charge in [0, 0.05) is 5.56 Å². The fourth-order valence-electron chi connectivity index (χ4n) is 0.934. The van der Waals surface area contributed by atoms with Gasteiger partial charge in [0.1, 0.15) is 18.6 Å². The molecule has 5 heteroatoms. The number of rotatable bonds is 5. The van der Waals surface area contributed by atoms with Gasteiger partial charge >= 0.3 is 5.97 Å². The number of carbonyl (C=O) groups excluding carboxylic acids is 1. The number of carboxylic acids is 1. The molecule has 0 aromatic heterocycles. The molecule has 1 aromatic rings. The van der Waals surface area contributed by atoms with Crippen molar-refractivity contribution in [1.82, 2.24) is 0 Å². The standard InChI is InChI=1S/C11H9BrO4/c1-7(11(14)15)6-16-10-3-2-8(5-13)4-9(10)12/h2-5H,1,6H2,(H,14,15). The van der Waals surface area contributed by atoms with E-state index in [1.165, 1.54) is 0 Å². The van der Waals surface area contributed by atoms with Crippen molar-refractivity contribution in [2.45, 2.75) is 0 Å². The van der Waals surface area contributed by atoms with Gasteiger partial charge in [0.25, 0.3) is 0 Å². The van der Waals surface area contributed by atoms with Crippen LogP contribution >= 0.6 is 15.9 Å². The molecular formula is C11H9BrO4. The Morgan fingerprint density at radius 2 is 2.25 bits per heavy atom. The molecule has 1 aromatic carbocycles. The number of benzene rings is 1. The molecule has 0 saturated carbocycles. The Hall–Kier alpha value is -1.62. The van der Waals surface area contributed by atoms with Crippen LogP contribution in [0.2, 0.25) is 0 Å². The highest BCUT2D eigenvalue weighted by Gasteiger charge is 2.07. The van der Waals surface area contributed by atoms with Gasteiger partial charge in [-0.3, -0.25) is 4.79 Å². The number of hydrogen-bond acceptors (Lipinski definition) is 3. The Kier molecular flexibility index (Phi) is 4.25. The molecule has 0 aliphatic carbocycles. The molecule has 84 valence electrons. The third-order valence-electron chi connectivity index (χ3n) is 1.80. The van der Waals surface area contributed by atoms with Crippen LogP contribution in [-0.4, -0.2) is 24.0 Å². The summed E-state index contributed by atoms with van der Waals surface area (Å²) in [6.07, 6.45) is 0.713. The topological polar surface area (TPSA) is 63.6 Å². The van der Waals surface area contributed by atoms with Crippen LogP contribution in [0.3, 0.4) is 0 Å². The Morgan fingerprint density at radius 1 is 1.56 bits per heavy atom. The zero-order valence-electron chi connectivity index (χ0n) is 8.27. The van der Waals surface area contributed by atoms with Crippen LogP contribution in [0.4, 0.5) is 0 Å². The molecule has 1 N–H and O–H groups in total. The van der Waals surface area contributed by atoms with E-state index in [1.54, 1.807) is 18.2 Å². The van der Waals surface area contributed by atoms with Gasteiger partial charge in [0.05, 0.1) is 10.0 Å². The average molecular weight is 285 g/mol. The second-order valence-corrected chi connectivity index (χ2v) is 3.86. The van der Waals surface area contributed by atoms with Gasteiger partial charge < -0.3 is 9.84 Å². The van der Waals surface area contributed by atoms with Crippen LogP contribution < -0.4 is 4.74 Å². The molecule has 0 amide bonds. The van der Waals surface area contributed by atoms with Crippen LogP contribution in [0.1, 0.15) is 10.4 Å². The van der Waals surface area contributed by atoms with Gasteiger partial charge in [-0.2, -0.15) is 0 Å². The summed E-state index contributed by atoms with van der Waals surface area (Å²) in [7, 11) is 0. The van der Waals surface area contributed by atoms with E-state index >= 15 is 0 Å². The number of carbonyl (C=O) groups is 2. The summed E-state index contributed by atoms with van der Waals surface area (Å²) in [5.41, 5.74) is 0.475. The molecule has 0 atom stereocenters. The first-order valence-electron chi connectivity index (χ1n) is 4.33. The number of halogens is 1. The highest BCUT2D eigenvalue weighted by Crippen LogP contribution is 2.25. The van der Waals surface area contributed by atoms with E-state index in [0.717, 1.165) is 0 Å². The van der Waals surface area contributed by atoms with Crippen molar-refractivity contribution in [2.75, 3.05) is 6.61 Å². The Morgan fingerprint density at radius 3 is 2.75 bits per heavy atom. The SMILES string of the molecule is C=C(COc1ccc(C=O)cc1Br)C(=O)O. The second-order valence-electron chi connectivity index (χ2n) is 3.01. The van der Waals surface area contributed by atoms with Crippen LogP contribution in [0.15, 0.2) is 34.8 Å². The summed E-state index contributed by atoms with van der Waals surface area (Å²) in [4.78, 5) is 20.9. The van der Waals surface area contributed by atoms with Crippen LogP contribution in [-0.2, 0) is 4.79 Å². The highest BCUT2D eigenvalue weighted by molar-refractivity contribution is 9.10. The first kappa shape index (κ1) is 12.4. The van der Waals surface area contributed by atoms with Crippen LogP contribution in [0.25, 0.3) is 0 Å². The molecular weight excluding hydrogens is 276 g/mol. The van der Waals surface area contributed by atoms with Crippen molar-refractivity contribution in [2.24, 2.45) is 0 Å². The molecule has 0 fully saturated rings. The van der Waals surface area contributed by atoms with E-state index in [0.29, 0.717) is 22.1 Å². The Balaban J connectivity index is 2.71. The lowest BCUT2D eigenvalue weighted by molar-refractivity contribution is -0.133. The zero-order chi connectivity index (χ0) is 12.1. The zero-order valence-corrected chi connectivity index (χ0v) is 9.86. The molecule has 4 nitrogen and oxygen atoms in total. The van der Waals surface area contributed by atoms with Gasteiger partial charge in [0.2, 0.25) is 0 Å². The molecule has 0 aliphatic rings. The van der Waals surface area contributed by atoms with E-state index in [2.05, 4.69) is 22.5 Å². The van der Waals surface area contributed by atoms with E-state index < -0.39 is 5.97 Å². The normalized spacial score (nSPS) is 9.56. The number of carboxylic acid groups (broad SMARTS) is 1. The number of aldehydes is 1. The largest absolute Gasteiger partial charge is 0.487 e. The van der Waals surface area contributed by atoms with Crippen molar-refractivity contribution in [3.05, 3.63) is 40.4 Å². The van der Waals surface area contributed by atoms with Crippen molar-refractivity contribution >= 4 is 28.2 Å². The summed E-state index contributed by atoms with van der Waals surface area (Å²) in [6, 6.07) is 4.76. The molecule has 0 saturated heterocycles. The Bertz CT molecular complexity index is 440. The lowest BCUT2D eigenvalue weighted by atomic mass is 10.2. The quantitative estimate of drug-likeness (QED) is 0.666. The number of aliphatic carboxylic acids is 1. The van der Waals surface area contributed by atoms with Crippen molar-refractivity contribution < 1.29 is 19.4 Å². The fourth-order valence-corrected chi connectivity index (χ4v) is 1.45. The smallest absolute Gasteiger partial charge is 0.334 e. The molecule has 16 heavy (non-hydrogen) atoms. The summed E-state index contributed by atoms with van der Waals surface area (Å²) in [5.74, 6) is -0.631. The maximum absolute atomic E-state index is 10.5. The third-order valence-corrected chi connectivity index (χ3v) is 2.42. The minimum Gasteiger partial charge on any atom is -0.487 e. The minimum absolute atomic E-state index is 0.0358. The van der Waals surface area contributed by atoms with Crippen LogP contribution in [0.5, 0.6) is 5.75 Å². The first-order valence-corrected chi connectivity index (χ1v) is 5.12. The van der Waals surface area contributed by atoms with E-state index in [9.17, 15) is 9.59 Å². The molecule has 0 bridgehead atoms. The lowest BCUT2D eigenvalue weighted by Crippen LogP contribution is -2.09. The van der Waals surface area contributed by atoms with Gasteiger partial charge in [-0.1, -0.05) is 6.58 Å². The minimum atomic E-state index is -1.10. The fraction of sp³-hybridized carbons (Fsp3) is 0.0909. The molecule has 0 spiro atoms. The third kappa shape index (κ3) is 3.20. The molecule has 0 unspecified atom stereocenters. The van der Waals surface area contributed by atoms with Gasteiger partial charge in [-0.25, -0.2) is 4.79 Å². The molecule has 0 aliphatic heterocycles. The lowest BCUT2D eigenvalue weighted by Gasteiger charge is -2.08. The summed E-state index contributed by atoms with van der Waals surface area (Å²) in [6.45, 7) is 3.23. The van der Waals surface area contributed by atoms with E-state index in [-0.39, 0.29) is 12.2 Å². The van der Waals surface area contributed by atoms with E-state index in [1.807, 2.05) is 0 Å². The number of hydrogen-bond donors (Lipinski definition) is 1. The van der Waals surface area contributed by atoms with Crippen molar-refractivity contribution in [3.8, 4) is 5.75 Å².